The SMILES string of the molecule is Cc1cc(C)cc(NC(=O)C2(C)CCNC2)c1.Cl. The van der Waals surface area contributed by atoms with Crippen LogP contribution in [0.15, 0.2) is 18.2 Å². The molecular weight excluding hydrogens is 248 g/mol. The van der Waals surface area contributed by atoms with Gasteiger partial charge in [0, 0.05) is 12.2 Å². The van der Waals surface area contributed by atoms with E-state index in [-0.39, 0.29) is 23.7 Å². The first-order valence-electron chi connectivity index (χ1n) is 6.10. The highest BCUT2D eigenvalue weighted by Crippen LogP contribution is 2.26. The highest BCUT2D eigenvalue weighted by atomic mass is 35.5. The molecular formula is C14H21ClN2O. The number of halogens is 1. The first kappa shape index (κ1) is 15.0. The highest BCUT2D eigenvalue weighted by molar-refractivity contribution is 5.95. The second-order valence-corrected chi connectivity index (χ2v) is 5.32. The van der Waals surface area contributed by atoms with Crippen molar-refractivity contribution in [2.45, 2.75) is 27.2 Å². The van der Waals surface area contributed by atoms with E-state index in [0.29, 0.717) is 0 Å². The molecule has 1 amide bonds. The zero-order chi connectivity index (χ0) is 12.5. The van der Waals surface area contributed by atoms with E-state index >= 15 is 0 Å². The fourth-order valence-electron chi connectivity index (χ4n) is 2.34. The van der Waals surface area contributed by atoms with Crippen LogP contribution < -0.4 is 10.6 Å². The summed E-state index contributed by atoms with van der Waals surface area (Å²) in [5.41, 5.74) is 2.99. The molecule has 0 saturated carbocycles. The van der Waals surface area contributed by atoms with Gasteiger partial charge in [-0.15, -0.1) is 12.4 Å². The minimum Gasteiger partial charge on any atom is -0.326 e. The number of aryl methyl sites for hydroxylation is 2. The standard InChI is InChI=1S/C14H20N2O.ClH/c1-10-6-11(2)8-12(7-10)16-13(17)14(3)4-5-15-9-14;/h6-8,15H,4-5,9H2,1-3H3,(H,16,17);1H. The van der Waals surface area contributed by atoms with Crippen molar-refractivity contribution in [3.05, 3.63) is 29.3 Å². The van der Waals surface area contributed by atoms with Crippen molar-refractivity contribution in [3.8, 4) is 0 Å². The Morgan fingerprint density at radius 2 is 1.89 bits per heavy atom. The van der Waals surface area contributed by atoms with E-state index in [1.54, 1.807) is 0 Å². The lowest BCUT2D eigenvalue weighted by molar-refractivity contribution is -0.123. The number of carbonyl (C=O) groups is 1. The Bertz CT molecular complexity index is 419. The maximum Gasteiger partial charge on any atom is 0.231 e. The number of anilines is 1. The number of rotatable bonds is 2. The quantitative estimate of drug-likeness (QED) is 0.866. The van der Waals surface area contributed by atoms with Gasteiger partial charge in [0.15, 0.2) is 0 Å². The number of hydrogen-bond acceptors (Lipinski definition) is 2. The van der Waals surface area contributed by atoms with E-state index < -0.39 is 0 Å². The molecule has 0 bridgehead atoms. The first-order chi connectivity index (χ1) is 7.99. The van der Waals surface area contributed by atoms with Crippen LogP contribution in [0.1, 0.15) is 24.5 Å². The zero-order valence-electron chi connectivity index (χ0n) is 11.2. The molecule has 1 aliphatic rings. The molecule has 1 unspecified atom stereocenters. The van der Waals surface area contributed by atoms with Crippen LogP contribution in [0.3, 0.4) is 0 Å². The maximum absolute atomic E-state index is 12.2. The second-order valence-electron chi connectivity index (χ2n) is 5.32. The summed E-state index contributed by atoms with van der Waals surface area (Å²) in [6.07, 6.45) is 0.906. The molecule has 0 aromatic heterocycles. The summed E-state index contributed by atoms with van der Waals surface area (Å²) in [4.78, 5) is 12.2. The molecule has 2 N–H and O–H groups in total. The van der Waals surface area contributed by atoms with Crippen molar-refractivity contribution >= 4 is 24.0 Å². The Morgan fingerprint density at radius 1 is 1.28 bits per heavy atom. The molecule has 100 valence electrons. The van der Waals surface area contributed by atoms with Crippen molar-refractivity contribution in [1.29, 1.82) is 0 Å². The zero-order valence-corrected chi connectivity index (χ0v) is 12.0. The minimum absolute atomic E-state index is 0. The van der Waals surface area contributed by atoms with Crippen LogP contribution in [-0.4, -0.2) is 19.0 Å². The summed E-state index contributed by atoms with van der Waals surface area (Å²) in [6.45, 7) is 7.80. The maximum atomic E-state index is 12.2. The van der Waals surface area contributed by atoms with Crippen molar-refractivity contribution in [1.82, 2.24) is 5.32 Å². The lowest BCUT2D eigenvalue weighted by atomic mass is 9.88. The first-order valence-corrected chi connectivity index (χ1v) is 6.10. The van der Waals surface area contributed by atoms with Crippen LogP contribution in [-0.2, 0) is 4.79 Å². The molecule has 3 nitrogen and oxygen atoms in total. The molecule has 0 aliphatic carbocycles. The van der Waals surface area contributed by atoms with Gasteiger partial charge in [-0.2, -0.15) is 0 Å². The predicted octanol–water partition coefficient (Wildman–Crippen LogP) is 2.66. The van der Waals surface area contributed by atoms with Crippen molar-refractivity contribution in [2.24, 2.45) is 5.41 Å². The smallest absolute Gasteiger partial charge is 0.231 e. The molecule has 0 radical (unpaired) electrons. The van der Waals surface area contributed by atoms with Crippen molar-refractivity contribution in [2.75, 3.05) is 18.4 Å². The summed E-state index contributed by atoms with van der Waals surface area (Å²) in [7, 11) is 0. The van der Waals surface area contributed by atoms with Gasteiger partial charge in [0.1, 0.15) is 0 Å². The minimum atomic E-state index is -0.266. The van der Waals surface area contributed by atoms with Crippen LogP contribution in [0.2, 0.25) is 0 Å². The number of carbonyl (C=O) groups excluding carboxylic acids is 1. The third-order valence-electron chi connectivity index (χ3n) is 3.40. The fraction of sp³-hybridized carbons (Fsp3) is 0.500. The largest absolute Gasteiger partial charge is 0.326 e. The number of amides is 1. The van der Waals surface area contributed by atoms with Crippen LogP contribution in [0.4, 0.5) is 5.69 Å². The Balaban J connectivity index is 0.00000162. The topological polar surface area (TPSA) is 41.1 Å². The van der Waals surface area contributed by atoms with Crippen molar-refractivity contribution < 1.29 is 4.79 Å². The van der Waals surface area contributed by atoms with Gasteiger partial charge in [-0.3, -0.25) is 4.79 Å². The molecule has 1 saturated heterocycles. The van der Waals surface area contributed by atoms with E-state index in [2.05, 4.69) is 16.7 Å². The van der Waals surface area contributed by atoms with Crippen LogP contribution in [0.25, 0.3) is 0 Å². The predicted molar refractivity (Wildman–Crippen MR) is 77.4 cm³/mol. The van der Waals surface area contributed by atoms with Gasteiger partial charge >= 0.3 is 0 Å². The normalized spacial score (nSPS) is 22.4. The van der Waals surface area contributed by atoms with Gasteiger partial charge in [0.05, 0.1) is 5.41 Å². The second kappa shape index (κ2) is 5.72. The fourth-order valence-corrected chi connectivity index (χ4v) is 2.34. The van der Waals surface area contributed by atoms with E-state index in [0.717, 1.165) is 25.2 Å². The number of nitrogens with one attached hydrogen (secondary N) is 2. The average molecular weight is 269 g/mol. The van der Waals surface area contributed by atoms with Gasteiger partial charge in [-0.1, -0.05) is 6.07 Å². The molecule has 1 fully saturated rings. The summed E-state index contributed by atoms with van der Waals surface area (Å²) in [6, 6.07) is 6.13. The van der Waals surface area contributed by atoms with Gasteiger partial charge in [-0.25, -0.2) is 0 Å². The van der Waals surface area contributed by atoms with Gasteiger partial charge < -0.3 is 10.6 Å². The van der Waals surface area contributed by atoms with E-state index in [4.69, 9.17) is 0 Å². The van der Waals surface area contributed by atoms with Crippen LogP contribution >= 0.6 is 12.4 Å². The molecule has 1 atom stereocenters. The average Bonchev–Trinajstić information content (AvgIpc) is 2.64. The molecule has 0 spiro atoms. The van der Waals surface area contributed by atoms with Gasteiger partial charge in [0.2, 0.25) is 5.91 Å². The third kappa shape index (κ3) is 3.24. The molecule has 1 aromatic rings. The Labute approximate surface area is 115 Å². The molecule has 2 rings (SSSR count). The lowest BCUT2D eigenvalue weighted by Crippen LogP contribution is -2.35. The molecule has 4 heteroatoms. The summed E-state index contributed by atoms with van der Waals surface area (Å²) >= 11 is 0. The Kier molecular flexibility index (Phi) is 4.77. The molecule has 1 heterocycles. The third-order valence-corrected chi connectivity index (χ3v) is 3.40. The summed E-state index contributed by atoms with van der Waals surface area (Å²) < 4.78 is 0. The molecule has 1 aromatic carbocycles. The van der Waals surface area contributed by atoms with Gasteiger partial charge in [-0.05, 0) is 57.0 Å². The monoisotopic (exact) mass is 268 g/mol. The van der Waals surface area contributed by atoms with Gasteiger partial charge in [0.25, 0.3) is 0 Å². The van der Waals surface area contributed by atoms with Crippen molar-refractivity contribution in [3.63, 3.8) is 0 Å². The molecule has 1 aliphatic heterocycles. The Hall–Kier alpha value is -1.06. The van der Waals surface area contributed by atoms with Crippen LogP contribution in [0, 0.1) is 19.3 Å². The highest BCUT2D eigenvalue weighted by Gasteiger charge is 2.36. The number of hydrogen-bond donors (Lipinski definition) is 2. The summed E-state index contributed by atoms with van der Waals surface area (Å²) in [5, 5.41) is 6.27. The Morgan fingerprint density at radius 3 is 2.39 bits per heavy atom. The van der Waals surface area contributed by atoms with E-state index in [1.165, 1.54) is 11.1 Å². The number of benzene rings is 1. The lowest BCUT2D eigenvalue weighted by Gasteiger charge is -2.21. The molecule has 18 heavy (non-hydrogen) atoms. The van der Waals surface area contributed by atoms with Crippen LogP contribution in [0.5, 0.6) is 0 Å². The summed E-state index contributed by atoms with van der Waals surface area (Å²) in [5.74, 6) is 0.118. The van der Waals surface area contributed by atoms with E-state index in [9.17, 15) is 4.79 Å². The van der Waals surface area contributed by atoms with E-state index in [1.807, 2.05) is 32.9 Å².